The first-order valence-electron chi connectivity index (χ1n) is 7.18. The highest BCUT2D eigenvalue weighted by molar-refractivity contribution is 5.36. The summed E-state index contributed by atoms with van der Waals surface area (Å²) in [6, 6.07) is 17.9. The summed E-state index contributed by atoms with van der Waals surface area (Å²) in [6.07, 6.45) is 1.09. The van der Waals surface area contributed by atoms with Crippen molar-refractivity contribution in [2.75, 3.05) is 6.61 Å². The van der Waals surface area contributed by atoms with Gasteiger partial charge in [-0.25, -0.2) is 0 Å². The van der Waals surface area contributed by atoms with E-state index in [1.54, 1.807) is 6.08 Å². The molecule has 0 aromatic heterocycles. The molecule has 0 unspecified atom stereocenters. The monoisotopic (exact) mass is 295 g/mol. The lowest BCUT2D eigenvalue weighted by Crippen LogP contribution is -2.42. The predicted molar refractivity (Wildman–Crippen MR) is 84.2 cm³/mol. The van der Waals surface area contributed by atoms with Gasteiger partial charge in [0.05, 0.1) is 6.61 Å². The third-order valence-electron chi connectivity index (χ3n) is 4.35. The molecule has 4 heteroatoms. The molecule has 0 spiro atoms. The Kier molecular flexibility index (Phi) is 3.77. The number of benzene rings is 2. The van der Waals surface area contributed by atoms with Crippen LogP contribution in [0.25, 0.3) is 0 Å². The Morgan fingerprint density at radius 2 is 1.73 bits per heavy atom. The molecule has 3 rings (SSSR count). The number of rotatable bonds is 4. The first-order valence-corrected chi connectivity index (χ1v) is 7.18. The normalized spacial score (nSPS) is 27.5. The average molecular weight is 295 g/mol. The van der Waals surface area contributed by atoms with Gasteiger partial charge in [-0.3, -0.25) is 10.1 Å². The highest BCUT2D eigenvalue weighted by atomic mass is 16.6. The van der Waals surface area contributed by atoms with Crippen molar-refractivity contribution in [2.24, 2.45) is 0 Å². The molecule has 3 atom stereocenters. The maximum atomic E-state index is 11.8. The van der Waals surface area contributed by atoms with Gasteiger partial charge in [0, 0.05) is 4.92 Å². The van der Waals surface area contributed by atoms with Crippen molar-refractivity contribution in [2.45, 2.75) is 17.6 Å². The maximum absolute atomic E-state index is 11.8. The molecule has 0 saturated carbocycles. The summed E-state index contributed by atoms with van der Waals surface area (Å²) in [5, 5.41) is 11.8. The maximum Gasteiger partial charge on any atom is 0.258 e. The number of nitro groups is 1. The van der Waals surface area contributed by atoms with Gasteiger partial charge in [0.1, 0.15) is 5.41 Å². The minimum absolute atomic E-state index is 0.237. The molecule has 0 bridgehead atoms. The Morgan fingerprint density at radius 1 is 1.14 bits per heavy atom. The van der Waals surface area contributed by atoms with Crippen LogP contribution >= 0.6 is 0 Å². The molecule has 2 aromatic rings. The molecule has 112 valence electrons. The van der Waals surface area contributed by atoms with Gasteiger partial charge in [-0.1, -0.05) is 66.7 Å². The van der Waals surface area contributed by atoms with Crippen LogP contribution in [0.2, 0.25) is 0 Å². The van der Waals surface area contributed by atoms with E-state index in [1.165, 1.54) is 0 Å². The lowest BCUT2D eigenvalue weighted by atomic mass is 9.74. The molecule has 0 radical (unpaired) electrons. The fourth-order valence-corrected chi connectivity index (χ4v) is 3.19. The summed E-state index contributed by atoms with van der Waals surface area (Å²) < 4.78 is 5.86. The first-order chi connectivity index (χ1) is 10.7. The zero-order valence-electron chi connectivity index (χ0n) is 12.1. The van der Waals surface area contributed by atoms with Crippen LogP contribution in [0.4, 0.5) is 0 Å². The summed E-state index contributed by atoms with van der Waals surface area (Å²) >= 11 is 0. The van der Waals surface area contributed by atoms with Gasteiger partial charge in [0.15, 0.2) is 6.10 Å². The molecular weight excluding hydrogens is 278 g/mol. The van der Waals surface area contributed by atoms with Gasteiger partial charge in [-0.2, -0.15) is 0 Å². The van der Waals surface area contributed by atoms with Gasteiger partial charge in [0.2, 0.25) is 0 Å². The lowest BCUT2D eigenvalue weighted by molar-refractivity contribution is -0.535. The van der Waals surface area contributed by atoms with E-state index in [4.69, 9.17) is 4.74 Å². The topological polar surface area (TPSA) is 52.4 Å². The third-order valence-corrected chi connectivity index (χ3v) is 4.35. The summed E-state index contributed by atoms with van der Waals surface area (Å²) in [6.45, 7) is 4.12. The second kappa shape index (κ2) is 5.73. The number of hydrogen-bond acceptors (Lipinski definition) is 3. The van der Waals surface area contributed by atoms with Crippen LogP contribution in [0.15, 0.2) is 73.3 Å². The molecule has 1 aliphatic rings. The third kappa shape index (κ3) is 2.22. The first kappa shape index (κ1) is 14.5. The minimum atomic E-state index is -0.894. The zero-order chi connectivity index (χ0) is 15.6. The van der Waals surface area contributed by atoms with Gasteiger partial charge in [-0.15, -0.1) is 6.58 Å². The lowest BCUT2D eigenvalue weighted by Gasteiger charge is -2.26. The van der Waals surface area contributed by atoms with Gasteiger partial charge < -0.3 is 4.74 Å². The molecule has 2 aromatic carbocycles. The second-order valence-corrected chi connectivity index (χ2v) is 5.48. The van der Waals surface area contributed by atoms with Crippen LogP contribution in [0.3, 0.4) is 0 Å². The minimum Gasteiger partial charge on any atom is -0.365 e. The van der Waals surface area contributed by atoms with Crippen LogP contribution < -0.4 is 0 Å². The van der Waals surface area contributed by atoms with E-state index in [2.05, 4.69) is 6.58 Å². The van der Waals surface area contributed by atoms with Crippen LogP contribution in [0.5, 0.6) is 0 Å². The Labute approximate surface area is 129 Å². The quantitative estimate of drug-likeness (QED) is 0.492. The standard InChI is InChI=1S/C18H17NO3/c1-2-18(15-11-7-4-8-12-15)13-22-16(17(18)19(20)21)14-9-5-3-6-10-14/h2-12,16-17H,1,13H2/t16-,17-,18+/m0/s1. The summed E-state index contributed by atoms with van der Waals surface area (Å²) in [4.78, 5) is 11.6. The summed E-state index contributed by atoms with van der Waals surface area (Å²) in [7, 11) is 0. The van der Waals surface area contributed by atoms with Crippen LogP contribution in [0, 0.1) is 10.1 Å². The average Bonchev–Trinajstić information content (AvgIpc) is 2.97. The number of nitrogens with zero attached hydrogens (tertiary/aromatic N) is 1. The Bertz CT molecular complexity index is 671. The van der Waals surface area contributed by atoms with Crippen LogP contribution in [0.1, 0.15) is 17.2 Å². The van der Waals surface area contributed by atoms with Gasteiger partial charge >= 0.3 is 0 Å². The molecule has 1 aliphatic heterocycles. The van der Waals surface area contributed by atoms with Gasteiger partial charge in [-0.05, 0) is 11.1 Å². The van der Waals surface area contributed by atoms with E-state index in [-0.39, 0.29) is 11.5 Å². The molecule has 0 amide bonds. The SMILES string of the molecule is C=C[C@]1(c2ccccc2)CO[C@@H](c2ccccc2)[C@@H]1[N+](=O)[O-]. The number of ether oxygens (including phenoxy) is 1. The van der Waals surface area contributed by atoms with Crippen LogP contribution in [-0.2, 0) is 10.2 Å². The fraction of sp³-hybridized carbons (Fsp3) is 0.222. The molecule has 0 N–H and O–H groups in total. The largest absolute Gasteiger partial charge is 0.365 e. The van der Waals surface area contributed by atoms with Crippen molar-refractivity contribution in [1.29, 1.82) is 0 Å². The molecule has 1 fully saturated rings. The van der Waals surface area contributed by atoms with E-state index in [0.717, 1.165) is 11.1 Å². The van der Waals surface area contributed by atoms with E-state index >= 15 is 0 Å². The number of hydrogen-bond donors (Lipinski definition) is 0. The Balaban J connectivity index is 2.09. The van der Waals surface area contributed by atoms with Crippen molar-refractivity contribution in [3.05, 3.63) is 94.6 Å². The molecule has 0 aliphatic carbocycles. The van der Waals surface area contributed by atoms with E-state index in [1.807, 2.05) is 60.7 Å². The highest BCUT2D eigenvalue weighted by Gasteiger charge is 2.57. The predicted octanol–water partition coefficient (Wildman–Crippen LogP) is 3.53. The highest BCUT2D eigenvalue weighted by Crippen LogP contribution is 2.45. The van der Waals surface area contributed by atoms with Crippen molar-refractivity contribution >= 4 is 0 Å². The van der Waals surface area contributed by atoms with E-state index in [0.29, 0.717) is 0 Å². The molecule has 1 saturated heterocycles. The molecule has 1 heterocycles. The van der Waals surface area contributed by atoms with Crippen molar-refractivity contribution < 1.29 is 9.66 Å². The second-order valence-electron chi connectivity index (χ2n) is 5.48. The zero-order valence-corrected chi connectivity index (χ0v) is 12.1. The fourth-order valence-electron chi connectivity index (χ4n) is 3.19. The molecule has 22 heavy (non-hydrogen) atoms. The summed E-state index contributed by atoms with van der Waals surface area (Å²) in [5.74, 6) is 0. The van der Waals surface area contributed by atoms with Gasteiger partial charge in [0.25, 0.3) is 6.04 Å². The van der Waals surface area contributed by atoms with Crippen molar-refractivity contribution in [1.82, 2.24) is 0 Å². The van der Waals surface area contributed by atoms with Crippen molar-refractivity contribution in [3.63, 3.8) is 0 Å². The Morgan fingerprint density at radius 3 is 2.27 bits per heavy atom. The van der Waals surface area contributed by atoms with E-state index < -0.39 is 17.6 Å². The van der Waals surface area contributed by atoms with Crippen LogP contribution in [-0.4, -0.2) is 17.6 Å². The molecular formula is C18H17NO3. The smallest absolute Gasteiger partial charge is 0.258 e. The van der Waals surface area contributed by atoms with E-state index in [9.17, 15) is 10.1 Å². The van der Waals surface area contributed by atoms with Crippen molar-refractivity contribution in [3.8, 4) is 0 Å². The molecule has 4 nitrogen and oxygen atoms in total. The Hall–Kier alpha value is -2.46. The summed E-state index contributed by atoms with van der Waals surface area (Å²) in [5.41, 5.74) is 0.875.